The molecule has 7 unspecified atom stereocenters. The van der Waals surface area contributed by atoms with Crippen molar-refractivity contribution in [3.05, 3.63) is 85.1 Å². The Balaban J connectivity index is 1.93. The molecule has 0 spiro atoms. The second-order valence-corrected chi connectivity index (χ2v) is 27.4. The van der Waals surface area contributed by atoms with Gasteiger partial charge in [0.25, 0.3) is 0 Å². The minimum atomic E-state index is -1.58. The van der Waals surface area contributed by atoms with E-state index in [1.165, 1.54) is 257 Å². The number of esters is 1. The summed E-state index contributed by atoms with van der Waals surface area (Å²) in [5.74, 6) is -0.194. The van der Waals surface area contributed by atoms with Gasteiger partial charge in [0, 0.05) is 12.8 Å². The van der Waals surface area contributed by atoms with E-state index in [0.29, 0.717) is 19.4 Å². The summed E-state index contributed by atoms with van der Waals surface area (Å²) < 4.78 is 16.7. The van der Waals surface area contributed by atoms with E-state index in [2.05, 4.69) is 92.1 Å². The molecular weight excluding hydrogens is 1170 g/mol. The second kappa shape index (κ2) is 71.1. The summed E-state index contributed by atoms with van der Waals surface area (Å²) in [5.41, 5.74) is 0. The van der Waals surface area contributed by atoms with Gasteiger partial charge in [-0.25, -0.2) is 0 Å². The van der Waals surface area contributed by atoms with Crippen LogP contribution in [0.3, 0.4) is 0 Å². The van der Waals surface area contributed by atoms with Crippen molar-refractivity contribution < 1.29 is 49.3 Å². The Morgan fingerprint density at radius 1 is 0.394 bits per heavy atom. The van der Waals surface area contributed by atoms with E-state index in [9.17, 15) is 35.1 Å². The number of carbonyl (C=O) groups excluding carboxylic acids is 2. The second-order valence-electron chi connectivity index (χ2n) is 27.4. The molecule has 1 fully saturated rings. The largest absolute Gasteiger partial charge is 0.466 e. The molecule has 11 heteroatoms. The maximum absolute atomic E-state index is 13.1. The zero-order valence-corrected chi connectivity index (χ0v) is 60.9. The fourth-order valence-corrected chi connectivity index (χ4v) is 12.2. The quantitative estimate of drug-likeness (QED) is 0.0195. The molecule has 94 heavy (non-hydrogen) atoms. The number of rotatable bonds is 70. The molecule has 11 nitrogen and oxygen atoms in total. The minimum Gasteiger partial charge on any atom is -0.466 e. The molecule has 0 aliphatic carbocycles. The SMILES string of the molecule is CCC/C=C\C/C=C\CCCCCCCC(=O)OCCCCCCCCCCCCCCCCC/C=C\C/C=C\CCCCCCCCCCCCCCCCCCCC(=O)NC(COC1OC(CO)C(O)C(O)C1O)C(O)/C=C/CC/C=C/CC/C=C/CCCCCC. The molecular formula is C83H149NO10. The summed E-state index contributed by atoms with van der Waals surface area (Å²) in [5, 5.41) is 54.5. The van der Waals surface area contributed by atoms with Crippen LogP contribution in [0.25, 0.3) is 0 Å². The zero-order chi connectivity index (χ0) is 67.9. The fraction of sp³-hybridized carbons (Fsp3) is 0.807. The van der Waals surface area contributed by atoms with Crippen molar-refractivity contribution in [2.75, 3.05) is 19.8 Å². The molecule has 7 atom stereocenters. The van der Waals surface area contributed by atoms with Crippen molar-refractivity contribution in [3.8, 4) is 0 Å². The number of nitrogens with one attached hydrogen (secondary N) is 1. The molecule has 0 bridgehead atoms. The average Bonchev–Trinajstić information content (AvgIpc) is 0.844. The first-order valence-corrected chi connectivity index (χ1v) is 39.9. The van der Waals surface area contributed by atoms with E-state index in [1.807, 2.05) is 6.08 Å². The van der Waals surface area contributed by atoms with Gasteiger partial charge >= 0.3 is 5.97 Å². The lowest BCUT2D eigenvalue weighted by molar-refractivity contribution is -0.302. The Hall–Kier alpha value is -3.16. The maximum Gasteiger partial charge on any atom is 0.305 e. The van der Waals surface area contributed by atoms with Gasteiger partial charge in [0.2, 0.25) is 5.91 Å². The number of hydrogen-bond acceptors (Lipinski definition) is 10. The molecule has 546 valence electrons. The van der Waals surface area contributed by atoms with Crippen LogP contribution in [0.2, 0.25) is 0 Å². The summed E-state index contributed by atoms with van der Waals surface area (Å²) in [6.45, 7) is 4.26. The van der Waals surface area contributed by atoms with Gasteiger partial charge in [-0.3, -0.25) is 9.59 Å². The summed E-state index contributed by atoms with van der Waals surface area (Å²) >= 11 is 0. The van der Waals surface area contributed by atoms with E-state index >= 15 is 0 Å². The third kappa shape index (κ3) is 58.9. The van der Waals surface area contributed by atoms with Gasteiger partial charge in [0.15, 0.2) is 6.29 Å². The highest BCUT2D eigenvalue weighted by molar-refractivity contribution is 5.76. The monoisotopic (exact) mass is 1320 g/mol. The molecule has 1 aliphatic heterocycles. The standard InChI is InChI=1S/C83H149NO10/c1-3-5-7-9-11-13-15-17-46-49-53-57-61-65-69-76(86)75(74-93-83-82(91)81(90)80(89)77(73-85)94-83)84-78(87)70-66-62-58-54-50-47-43-41-39-37-35-33-31-29-27-25-23-21-19-18-20-22-24-26-28-30-32-34-36-38-40-42-44-48-52-56-60-64-68-72-92-79(88)71-67-63-59-55-51-45-16-14-12-10-8-6-4-2/h8,10,13-16,18-19,22,24,49,53,65,69,75-77,80-83,85-86,89-91H,3-7,9,11-12,17,20-21,23,25-48,50-52,54-64,66-68,70-74H2,1-2H3,(H,84,87)/b10-8-,15-13+,16-14-,19-18-,24-22-,53-49+,69-65+. The van der Waals surface area contributed by atoms with Gasteiger partial charge in [0.1, 0.15) is 24.4 Å². The number of aliphatic hydroxyl groups excluding tert-OH is 5. The van der Waals surface area contributed by atoms with Gasteiger partial charge in [-0.2, -0.15) is 0 Å². The maximum atomic E-state index is 13.1. The fourth-order valence-electron chi connectivity index (χ4n) is 12.2. The van der Waals surface area contributed by atoms with E-state index in [4.69, 9.17) is 14.2 Å². The first kappa shape index (κ1) is 88.9. The molecule has 1 aliphatic rings. The summed E-state index contributed by atoms with van der Waals surface area (Å²) in [7, 11) is 0. The van der Waals surface area contributed by atoms with E-state index in [-0.39, 0.29) is 18.5 Å². The molecule has 0 radical (unpaired) electrons. The average molecular weight is 1320 g/mol. The third-order valence-electron chi connectivity index (χ3n) is 18.4. The van der Waals surface area contributed by atoms with Crippen LogP contribution in [0.5, 0.6) is 0 Å². The highest BCUT2D eigenvalue weighted by Crippen LogP contribution is 2.23. The molecule has 0 aromatic carbocycles. The normalized spacial score (nSPS) is 17.9. The number of hydrogen-bond donors (Lipinski definition) is 6. The molecule has 1 heterocycles. The van der Waals surface area contributed by atoms with Crippen LogP contribution in [-0.4, -0.2) is 100 Å². The van der Waals surface area contributed by atoms with Crippen LogP contribution >= 0.6 is 0 Å². The lowest BCUT2D eigenvalue weighted by Crippen LogP contribution is -2.60. The number of aliphatic hydroxyl groups is 5. The van der Waals surface area contributed by atoms with E-state index in [0.717, 1.165) is 83.5 Å². The minimum absolute atomic E-state index is 0.00143. The van der Waals surface area contributed by atoms with Crippen molar-refractivity contribution >= 4 is 11.9 Å². The number of carbonyl (C=O) groups is 2. The van der Waals surface area contributed by atoms with Gasteiger partial charge in [-0.1, -0.05) is 324 Å². The van der Waals surface area contributed by atoms with Crippen LogP contribution in [0, 0.1) is 0 Å². The number of ether oxygens (including phenoxy) is 3. The highest BCUT2D eigenvalue weighted by Gasteiger charge is 2.44. The molecule has 1 rings (SSSR count). The number of unbranched alkanes of at least 4 members (excludes halogenated alkanes) is 44. The van der Waals surface area contributed by atoms with Crippen LogP contribution in [0.1, 0.15) is 367 Å². The molecule has 1 saturated heterocycles. The predicted octanol–water partition coefficient (Wildman–Crippen LogP) is 21.6. The van der Waals surface area contributed by atoms with Gasteiger partial charge in [-0.05, 0) is 116 Å². The Labute approximate surface area is 578 Å². The summed E-state index contributed by atoms with van der Waals surface area (Å²) in [6.07, 6.45) is 89.0. The lowest BCUT2D eigenvalue weighted by Gasteiger charge is -2.40. The van der Waals surface area contributed by atoms with Crippen molar-refractivity contribution in [2.24, 2.45) is 0 Å². The zero-order valence-electron chi connectivity index (χ0n) is 60.9. The smallest absolute Gasteiger partial charge is 0.305 e. The topological polar surface area (TPSA) is 175 Å². The lowest BCUT2D eigenvalue weighted by atomic mass is 9.99. The Morgan fingerprint density at radius 3 is 1.16 bits per heavy atom. The first-order chi connectivity index (χ1) is 46.2. The van der Waals surface area contributed by atoms with E-state index < -0.39 is 49.5 Å². The van der Waals surface area contributed by atoms with Crippen molar-refractivity contribution in [3.63, 3.8) is 0 Å². The van der Waals surface area contributed by atoms with E-state index in [1.54, 1.807) is 6.08 Å². The third-order valence-corrected chi connectivity index (χ3v) is 18.4. The van der Waals surface area contributed by atoms with Gasteiger partial charge < -0.3 is 45.1 Å². The molecule has 6 N–H and O–H groups in total. The Bertz CT molecular complexity index is 1840. The molecule has 0 saturated carbocycles. The predicted molar refractivity (Wildman–Crippen MR) is 398 cm³/mol. The highest BCUT2D eigenvalue weighted by atomic mass is 16.7. The Morgan fingerprint density at radius 2 is 0.745 bits per heavy atom. The van der Waals surface area contributed by atoms with Crippen LogP contribution in [0.4, 0.5) is 0 Å². The molecule has 1 amide bonds. The molecule has 0 aromatic heterocycles. The van der Waals surface area contributed by atoms with Crippen molar-refractivity contribution in [1.82, 2.24) is 5.32 Å². The molecule has 0 aromatic rings. The van der Waals surface area contributed by atoms with Crippen LogP contribution in [-0.2, 0) is 23.8 Å². The van der Waals surface area contributed by atoms with Gasteiger partial charge in [0.05, 0.1) is 32.0 Å². The van der Waals surface area contributed by atoms with Crippen molar-refractivity contribution in [2.45, 2.75) is 410 Å². The first-order valence-electron chi connectivity index (χ1n) is 39.9. The van der Waals surface area contributed by atoms with Crippen molar-refractivity contribution in [1.29, 1.82) is 0 Å². The van der Waals surface area contributed by atoms with Crippen LogP contribution in [0.15, 0.2) is 85.1 Å². The van der Waals surface area contributed by atoms with Gasteiger partial charge in [-0.15, -0.1) is 0 Å². The number of amides is 1. The summed E-state index contributed by atoms with van der Waals surface area (Å²) in [6, 6.07) is -0.834. The summed E-state index contributed by atoms with van der Waals surface area (Å²) in [4.78, 5) is 25.1. The Kier molecular flexibility index (Phi) is 67.2. The number of allylic oxidation sites excluding steroid dienone is 13. The van der Waals surface area contributed by atoms with Crippen LogP contribution < -0.4 is 5.32 Å².